The average Bonchev–Trinajstić information content (AvgIpc) is 2.17. The molecule has 78 valence electrons. The fourth-order valence-electron chi connectivity index (χ4n) is 1.67. The van der Waals surface area contributed by atoms with Gasteiger partial charge in [-0.15, -0.1) is 0 Å². The van der Waals surface area contributed by atoms with Crippen molar-refractivity contribution < 1.29 is 4.42 Å². The first-order valence-electron chi connectivity index (χ1n) is 5.11. The van der Waals surface area contributed by atoms with Gasteiger partial charge in [0.2, 0.25) is 0 Å². The zero-order chi connectivity index (χ0) is 10.8. The van der Waals surface area contributed by atoms with E-state index < -0.39 is 0 Å². The summed E-state index contributed by atoms with van der Waals surface area (Å²) < 4.78 is 4.92. The van der Waals surface area contributed by atoms with E-state index in [9.17, 15) is 4.79 Å². The zero-order valence-corrected chi connectivity index (χ0v) is 8.91. The molecule has 0 amide bonds. The van der Waals surface area contributed by atoms with Crippen LogP contribution in [0.2, 0.25) is 0 Å². The number of nitrogens with zero attached hydrogens (tertiary/aromatic N) is 1. The number of benzene rings is 1. The molecule has 2 rings (SSSR count). The molecule has 1 aromatic heterocycles. The van der Waals surface area contributed by atoms with E-state index in [0.717, 1.165) is 18.4 Å². The molecule has 0 aliphatic carbocycles. The Morgan fingerprint density at radius 2 is 2.20 bits per heavy atom. The van der Waals surface area contributed by atoms with Gasteiger partial charge < -0.3 is 4.42 Å². The van der Waals surface area contributed by atoms with Crippen LogP contribution in [-0.2, 0) is 6.42 Å². The van der Waals surface area contributed by atoms with Crippen LogP contribution in [0.25, 0.3) is 10.9 Å². The standard InChI is InChI=1S/C12H13NO2/c1-3-4-9-5-6-10-11(7-9)13-8(2)15-12(10)14/h5-7H,3-4H2,1-2H3. The molecule has 0 aliphatic heterocycles. The van der Waals surface area contributed by atoms with Crippen molar-refractivity contribution in [2.45, 2.75) is 26.7 Å². The van der Waals surface area contributed by atoms with Gasteiger partial charge in [-0.25, -0.2) is 9.78 Å². The highest BCUT2D eigenvalue weighted by Crippen LogP contribution is 2.12. The van der Waals surface area contributed by atoms with Crippen LogP contribution in [-0.4, -0.2) is 4.98 Å². The Balaban J connectivity index is 2.65. The molecule has 0 aliphatic rings. The predicted molar refractivity (Wildman–Crippen MR) is 59.0 cm³/mol. The third kappa shape index (κ3) is 1.91. The monoisotopic (exact) mass is 203 g/mol. The molecule has 0 saturated carbocycles. The molecule has 1 heterocycles. The maximum absolute atomic E-state index is 11.5. The quantitative estimate of drug-likeness (QED) is 0.752. The van der Waals surface area contributed by atoms with Gasteiger partial charge in [0.1, 0.15) is 0 Å². The average molecular weight is 203 g/mol. The van der Waals surface area contributed by atoms with Crippen LogP contribution < -0.4 is 5.63 Å². The van der Waals surface area contributed by atoms with Crippen LogP contribution >= 0.6 is 0 Å². The van der Waals surface area contributed by atoms with E-state index in [4.69, 9.17) is 4.42 Å². The molecular weight excluding hydrogens is 190 g/mol. The first-order valence-corrected chi connectivity index (χ1v) is 5.11. The summed E-state index contributed by atoms with van der Waals surface area (Å²) in [5.41, 5.74) is 1.64. The Hall–Kier alpha value is -1.64. The van der Waals surface area contributed by atoms with E-state index in [2.05, 4.69) is 11.9 Å². The first-order chi connectivity index (χ1) is 7.20. The summed E-state index contributed by atoms with van der Waals surface area (Å²) in [6, 6.07) is 5.71. The summed E-state index contributed by atoms with van der Waals surface area (Å²) in [4.78, 5) is 15.7. The van der Waals surface area contributed by atoms with Gasteiger partial charge in [-0.2, -0.15) is 0 Å². The third-order valence-electron chi connectivity index (χ3n) is 2.34. The Morgan fingerprint density at radius 1 is 1.40 bits per heavy atom. The molecule has 0 atom stereocenters. The second-order valence-corrected chi connectivity index (χ2v) is 3.62. The third-order valence-corrected chi connectivity index (χ3v) is 2.34. The summed E-state index contributed by atoms with van der Waals surface area (Å²) in [5, 5.41) is 0.556. The zero-order valence-electron chi connectivity index (χ0n) is 8.91. The highest BCUT2D eigenvalue weighted by Gasteiger charge is 2.03. The number of aromatic nitrogens is 1. The number of aryl methyl sites for hydroxylation is 2. The van der Waals surface area contributed by atoms with E-state index in [-0.39, 0.29) is 5.63 Å². The second kappa shape index (κ2) is 3.85. The van der Waals surface area contributed by atoms with Gasteiger partial charge in [-0.05, 0) is 24.1 Å². The van der Waals surface area contributed by atoms with Gasteiger partial charge in [-0.1, -0.05) is 19.4 Å². The van der Waals surface area contributed by atoms with E-state index in [1.807, 2.05) is 12.1 Å². The summed E-state index contributed by atoms with van der Waals surface area (Å²) >= 11 is 0. The van der Waals surface area contributed by atoms with Crippen LogP contribution in [0.1, 0.15) is 24.8 Å². The van der Waals surface area contributed by atoms with Gasteiger partial charge in [-0.3, -0.25) is 0 Å². The van der Waals surface area contributed by atoms with E-state index >= 15 is 0 Å². The second-order valence-electron chi connectivity index (χ2n) is 3.62. The van der Waals surface area contributed by atoms with Crippen LogP contribution in [0, 0.1) is 6.92 Å². The minimum absolute atomic E-state index is 0.305. The van der Waals surface area contributed by atoms with Crippen LogP contribution in [0.5, 0.6) is 0 Å². The Bertz CT molecular complexity index is 543. The van der Waals surface area contributed by atoms with Crippen molar-refractivity contribution in [3.8, 4) is 0 Å². The Labute approximate surface area is 87.8 Å². The van der Waals surface area contributed by atoms with Crippen molar-refractivity contribution in [1.29, 1.82) is 0 Å². The minimum Gasteiger partial charge on any atom is -0.408 e. The normalized spacial score (nSPS) is 10.8. The fourth-order valence-corrected chi connectivity index (χ4v) is 1.67. The molecule has 0 fully saturated rings. The van der Waals surface area contributed by atoms with Gasteiger partial charge >= 0.3 is 5.63 Å². The maximum atomic E-state index is 11.5. The highest BCUT2D eigenvalue weighted by atomic mass is 16.4. The fraction of sp³-hybridized carbons (Fsp3) is 0.333. The molecule has 0 spiro atoms. The molecule has 0 radical (unpaired) electrons. The number of rotatable bonds is 2. The van der Waals surface area contributed by atoms with Gasteiger partial charge in [0, 0.05) is 6.92 Å². The van der Waals surface area contributed by atoms with E-state index in [0.29, 0.717) is 11.3 Å². The molecule has 3 nitrogen and oxygen atoms in total. The highest BCUT2D eigenvalue weighted by molar-refractivity contribution is 5.77. The van der Waals surface area contributed by atoms with E-state index in [1.165, 1.54) is 5.56 Å². The Morgan fingerprint density at radius 3 is 2.93 bits per heavy atom. The van der Waals surface area contributed by atoms with Crippen LogP contribution in [0.3, 0.4) is 0 Å². The molecule has 0 saturated heterocycles. The van der Waals surface area contributed by atoms with Crippen molar-refractivity contribution in [3.05, 3.63) is 40.1 Å². The number of hydrogen-bond acceptors (Lipinski definition) is 3. The van der Waals surface area contributed by atoms with Crippen molar-refractivity contribution in [2.75, 3.05) is 0 Å². The molecule has 1 aromatic carbocycles. The van der Waals surface area contributed by atoms with Crippen LogP contribution in [0.4, 0.5) is 0 Å². The number of hydrogen-bond donors (Lipinski definition) is 0. The summed E-state index contributed by atoms with van der Waals surface area (Å²) in [6.07, 6.45) is 2.10. The largest absolute Gasteiger partial charge is 0.408 e. The van der Waals surface area contributed by atoms with Crippen molar-refractivity contribution >= 4 is 10.9 Å². The summed E-state index contributed by atoms with van der Waals surface area (Å²) in [7, 11) is 0. The lowest BCUT2D eigenvalue weighted by Gasteiger charge is -2.01. The molecule has 15 heavy (non-hydrogen) atoms. The van der Waals surface area contributed by atoms with Crippen LogP contribution in [0.15, 0.2) is 27.4 Å². The van der Waals surface area contributed by atoms with E-state index in [1.54, 1.807) is 13.0 Å². The lowest BCUT2D eigenvalue weighted by molar-refractivity contribution is 0.467. The predicted octanol–water partition coefficient (Wildman–Crippen LogP) is 2.45. The van der Waals surface area contributed by atoms with Crippen molar-refractivity contribution in [3.63, 3.8) is 0 Å². The smallest absolute Gasteiger partial charge is 0.346 e. The summed E-state index contributed by atoms with van der Waals surface area (Å²) in [6.45, 7) is 3.82. The maximum Gasteiger partial charge on any atom is 0.346 e. The SMILES string of the molecule is CCCc1ccc2c(=O)oc(C)nc2c1. The lowest BCUT2D eigenvalue weighted by Crippen LogP contribution is -2.03. The molecule has 0 N–H and O–H groups in total. The minimum atomic E-state index is -0.305. The van der Waals surface area contributed by atoms with Gasteiger partial charge in [0.15, 0.2) is 5.89 Å². The van der Waals surface area contributed by atoms with Crippen molar-refractivity contribution in [2.24, 2.45) is 0 Å². The first kappa shape index (κ1) is 9.90. The van der Waals surface area contributed by atoms with Gasteiger partial charge in [0.05, 0.1) is 10.9 Å². The Kier molecular flexibility index (Phi) is 2.54. The lowest BCUT2D eigenvalue weighted by atomic mass is 10.1. The molecule has 2 aromatic rings. The molecular formula is C12H13NO2. The topological polar surface area (TPSA) is 43.1 Å². The van der Waals surface area contributed by atoms with Crippen molar-refractivity contribution in [1.82, 2.24) is 4.98 Å². The molecule has 0 unspecified atom stereocenters. The molecule has 0 bridgehead atoms. The molecule has 3 heteroatoms. The van der Waals surface area contributed by atoms with Gasteiger partial charge in [0.25, 0.3) is 0 Å². The number of fused-ring (bicyclic) bond motifs is 1. The summed E-state index contributed by atoms with van der Waals surface area (Å²) in [5.74, 6) is 0.418.